The summed E-state index contributed by atoms with van der Waals surface area (Å²) in [5.41, 5.74) is 2.82. The molecule has 1 amide bonds. The third-order valence-electron chi connectivity index (χ3n) is 4.11. The first-order valence-electron chi connectivity index (χ1n) is 7.61. The molecule has 0 fully saturated rings. The van der Waals surface area contributed by atoms with Crippen molar-refractivity contribution in [1.29, 1.82) is 0 Å². The van der Waals surface area contributed by atoms with Crippen molar-refractivity contribution in [3.8, 4) is 0 Å². The van der Waals surface area contributed by atoms with Crippen LogP contribution in [0.4, 0.5) is 0 Å². The average Bonchev–Trinajstić information content (AvgIpc) is 2.55. The molecule has 0 radical (unpaired) electrons. The molecule has 3 rings (SSSR count). The molecule has 116 valence electrons. The number of amides is 1. The molecule has 0 aliphatic rings. The Morgan fingerprint density at radius 2 is 1.61 bits per heavy atom. The minimum Gasteiger partial charge on any atom is -0.345 e. The van der Waals surface area contributed by atoms with Gasteiger partial charge in [0, 0.05) is 10.0 Å². The molecule has 0 bridgehead atoms. The van der Waals surface area contributed by atoms with Crippen LogP contribution in [0.1, 0.15) is 34.5 Å². The number of carbonyl (C=O) groups is 1. The van der Waals surface area contributed by atoms with Crippen LogP contribution in [-0.2, 0) is 0 Å². The smallest absolute Gasteiger partial charge is 0.252 e. The third-order valence-corrected chi connectivity index (χ3v) is 4.80. The van der Waals surface area contributed by atoms with Crippen LogP contribution in [0.3, 0.4) is 0 Å². The number of halogens is 1. The molecule has 1 N–H and O–H groups in total. The zero-order valence-electron chi connectivity index (χ0n) is 13.1. The lowest BCUT2D eigenvalue weighted by atomic mass is 9.99. The van der Waals surface area contributed by atoms with Crippen molar-refractivity contribution in [1.82, 2.24) is 5.32 Å². The summed E-state index contributed by atoms with van der Waals surface area (Å²) in [4.78, 5) is 12.5. The van der Waals surface area contributed by atoms with Gasteiger partial charge >= 0.3 is 0 Å². The number of benzene rings is 3. The van der Waals surface area contributed by atoms with Gasteiger partial charge in [-0.3, -0.25) is 4.79 Å². The van der Waals surface area contributed by atoms with Crippen molar-refractivity contribution in [2.75, 3.05) is 0 Å². The standard InChI is InChI=1S/C20H18BrNO/c1-13-7-3-4-8-15(13)20(23)22-14(2)16-11-12-19(21)18-10-6-5-9-17(16)18/h3-12,14H,1-2H3,(H,22,23)/t14-/m1/s1. The van der Waals surface area contributed by atoms with E-state index in [4.69, 9.17) is 0 Å². The van der Waals surface area contributed by atoms with Gasteiger partial charge in [0.15, 0.2) is 0 Å². The van der Waals surface area contributed by atoms with Gasteiger partial charge in [-0.05, 0) is 47.9 Å². The van der Waals surface area contributed by atoms with Crippen LogP contribution < -0.4 is 5.32 Å². The van der Waals surface area contributed by atoms with Crippen molar-refractivity contribution in [2.45, 2.75) is 19.9 Å². The van der Waals surface area contributed by atoms with Crippen molar-refractivity contribution >= 4 is 32.6 Å². The molecule has 3 aromatic carbocycles. The maximum absolute atomic E-state index is 12.5. The number of hydrogen-bond donors (Lipinski definition) is 1. The fourth-order valence-electron chi connectivity index (χ4n) is 2.84. The second-order valence-electron chi connectivity index (χ2n) is 5.69. The van der Waals surface area contributed by atoms with Crippen molar-refractivity contribution < 1.29 is 4.79 Å². The second kappa shape index (κ2) is 6.55. The van der Waals surface area contributed by atoms with E-state index in [-0.39, 0.29) is 11.9 Å². The Morgan fingerprint density at radius 1 is 0.957 bits per heavy atom. The number of aryl methyl sites for hydroxylation is 1. The van der Waals surface area contributed by atoms with E-state index in [1.165, 1.54) is 0 Å². The van der Waals surface area contributed by atoms with Crippen LogP contribution in [0.5, 0.6) is 0 Å². The van der Waals surface area contributed by atoms with Gasteiger partial charge in [-0.2, -0.15) is 0 Å². The predicted octanol–water partition coefficient (Wildman–Crippen LogP) is 5.40. The Labute approximate surface area is 144 Å². The van der Waals surface area contributed by atoms with E-state index >= 15 is 0 Å². The molecule has 0 aliphatic heterocycles. The van der Waals surface area contributed by atoms with E-state index in [1.54, 1.807) is 0 Å². The van der Waals surface area contributed by atoms with Gasteiger partial charge in [0.2, 0.25) is 0 Å². The zero-order chi connectivity index (χ0) is 16.4. The summed E-state index contributed by atoms with van der Waals surface area (Å²) in [6.07, 6.45) is 0. The maximum atomic E-state index is 12.5. The minimum absolute atomic E-state index is 0.0393. The van der Waals surface area contributed by atoms with Crippen LogP contribution in [0, 0.1) is 6.92 Å². The highest BCUT2D eigenvalue weighted by Crippen LogP contribution is 2.30. The Bertz CT molecular complexity index is 872. The zero-order valence-corrected chi connectivity index (χ0v) is 14.7. The Hall–Kier alpha value is -2.13. The molecule has 0 spiro atoms. The minimum atomic E-state index is -0.0693. The molecule has 23 heavy (non-hydrogen) atoms. The fourth-order valence-corrected chi connectivity index (χ4v) is 3.32. The number of carbonyl (C=O) groups excluding carboxylic acids is 1. The summed E-state index contributed by atoms with van der Waals surface area (Å²) in [6.45, 7) is 3.97. The monoisotopic (exact) mass is 367 g/mol. The SMILES string of the molecule is Cc1ccccc1C(=O)N[C@H](C)c1ccc(Br)c2ccccc12. The molecule has 0 heterocycles. The van der Waals surface area contributed by atoms with E-state index in [0.717, 1.165) is 31.9 Å². The lowest BCUT2D eigenvalue weighted by molar-refractivity contribution is 0.0939. The highest BCUT2D eigenvalue weighted by atomic mass is 79.9. The maximum Gasteiger partial charge on any atom is 0.252 e. The lowest BCUT2D eigenvalue weighted by Crippen LogP contribution is -2.27. The van der Waals surface area contributed by atoms with Gasteiger partial charge in [-0.25, -0.2) is 0 Å². The largest absolute Gasteiger partial charge is 0.345 e. The molecular formula is C20H18BrNO. The summed E-state index contributed by atoms with van der Waals surface area (Å²) in [5, 5.41) is 5.42. The highest BCUT2D eigenvalue weighted by molar-refractivity contribution is 9.10. The second-order valence-corrected chi connectivity index (χ2v) is 6.55. The molecule has 1 atom stereocenters. The van der Waals surface area contributed by atoms with Crippen molar-refractivity contribution in [3.05, 3.63) is 81.8 Å². The van der Waals surface area contributed by atoms with E-state index in [2.05, 4.69) is 39.4 Å². The van der Waals surface area contributed by atoms with Gasteiger partial charge in [-0.1, -0.05) is 64.5 Å². The van der Waals surface area contributed by atoms with Gasteiger partial charge in [-0.15, -0.1) is 0 Å². The molecule has 0 unspecified atom stereocenters. The Morgan fingerprint density at radius 3 is 2.35 bits per heavy atom. The molecule has 0 saturated heterocycles. The molecule has 0 aromatic heterocycles. The van der Waals surface area contributed by atoms with Crippen LogP contribution in [0.25, 0.3) is 10.8 Å². The number of fused-ring (bicyclic) bond motifs is 1. The van der Waals surface area contributed by atoms with Crippen LogP contribution >= 0.6 is 15.9 Å². The fraction of sp³-hybridized carbons (Fsp3) is 0.150. The first-order chi connectivity index (χ1) is 11.1. The van der Waals surface area contributed by atoms with E-state index in [9.17, 15) is 4.79 Å². The first-order valence-corrected chi connectivity index (χ1v) is 8.41. The van der Waals surface area contributed by atoms with Gasteiger partial charge in [0.1, 0.15) is 0 Å². The molecule has 3 heteroatoms. The number of rotatable bonds is 3. The summed E-state index contributed by atoms with van der Waals surface area (Å²) >= 11 is 3.59. The lowest BCUT2D eigenvalue weighted by Gasteiger charge is -2.18. The van der Waals surface area contributed by atoms with E-state index in [0.29, 0.717) is 0 Å². The van der Waals surface area contributed by atoms with Crippen molar-refractivity contribution in [3.63, 3.8) is 0 Å². The molecule has 2 nitrogen and oxygen atoms in total. The highest BCUT2D eigenvalue weighted by Gasteiger charge is 2.15. The van der Waals surface area contributed by atoms with Crippen LogP contribution in [-0.4, -0.2) is 5.91 Å². The van der Waals surface area contributed by atoms with Crippen LogP contribution in [0.2, 0.25) is 0 Å². The molecule has 0 saturated carbocycles. The quantitative estimate of drug-likeness (QED) is 0.659. The first kappa shape index (κ1) is 15.8. The third kappa shape index (κ3) is 3.15. The van der Waals surface area contributed by atoms with Crippen molar-refractivity contribution in [2.24, 2.45) is 0 Å². The number of hydrogen-bond acceptors (Lipinski definition) is 1. The Balaban J connectivity index is 1.93. The number of nitrogens with one attached hydrogen (secondary N) is 1. The Kier molecular flexibility index (Phi) is 4.49. The van der Waals surface area contributed by atoms with Gasteiger partial charge < -0.3 is 5.32 Å². The summed E-state index contributed by atoms with van der Waals surface area (Å²) < 4.78 is 1.06. The average molecular weight is 368 g/mol. The van der Waals surface area contributed by atoms with E-state index in [1.807, 2.05) is 56.3 Å². The van der Waals surface area contributed by atoms with Gasteiger partial charge in [0.25, 0.3) is 5.91 Å². The van der Waals surface area contributed by atoms with E-state index < -0.39 is 0 Å². The topological polar surface area (TPSA) is 29.1 Å². The molecule has 0 aliphatic carbocycles. The summed E-state index contributed by atoms with van der Waals surface area (Å²) in [5.74, 6) is -0.0393. The predicted molar refractivity (Wildman–Crippen MR) is 98.7 cm³/mol. The molecular weight excluding hydrogens is 350 g/mol. The normalized spacial score (nSPS) is 12.1. The molecule has 3 aromatic rings. The van der Waals surface area contributed by atoms with Crippen LogP contribution in [0.15, 0.2) is 65.1 Å². The summed E-state index contributed by atoms with van der Waals surface area (Å²) in [7, 11) is 0. The summed E-state index contributed by atoms with van der Waals surface area (Å²) in [6, 6.07) is 19.9. The van der Waals surface area contributed by atoms with Gasteiger partial charge in [0.05, 0.1) is 6.04 Å².